The quantitative estimate of drug-likeness (QED) is 0.242. The van der Waals surface area contributed by atoms with E-state index in [0.29, 0.717) is 26.1 Å². The van der Waals surface area contributed by atoms with E-state index in [1.165, 1.54) is 6.66 Å². The van der Waals surface area contributed by atoms with Crippen LogP contribution in [0.4, 0.5) is 4.79 Å². The van der Waals surface area contributed by atoms with E-state index in [-0.39, 0.29) is 12.5 Å². The van der Waals surface area contributed by atoms with E-state index in [4.69, 9.17) is 14.2 Å². The highest BCUT2D eigenvalue weighted by atomic mass is 32.2. The van der Waals surface area contributed by atoms with Gasteiger partial charge in [-0.2, -0.15) is 11.8 Å². The number of amides is 2. The van der Waals surface area contributed by atoms with Crippen LogP contribution in [-0.4, -0.2) is 61.9 Å². The van der Waals surface area contributed by atoms with Crippen molar-refractivity contribution in [3.63, 3.8) is 0 Å². The molecule has 0 heterocycles. The molecule has 3 N–H and O–H groups in total. The van der Waals surface area contributed by atoms with Gasteiger partial charge in [0.2, 0.25) is 5.91 Å². The first kappa shape index (κ1) is 26.2. The number of thioether (sulfide) groups is 1. The highest BCUT2D eigenvalue weighted by Crippen LogP contribution is 2.36. The number of unbranched alkanes of at least 4 members (excludes halogenated alkanes) is 5. The summed E-state index contributed by atoms with van der Waals surface area (Å²) in [6.07, 6.45) is 8.02. The normalized spacial score (nSPS) is 13.0. The van der Waals surface area contributed by atoms with Gasteiger partial charge in [-0.1, -0.05) is 12.8 Å². The Morgan fingerprint density at radius 1 is 0.963 bits per heavy atom. The average molecular weight is 427 g/mol. The largest absolute Gasteiger partial charge is 0.450 e. The zero-order valence-electron chi connectivity index (χ0n) is 16.5. The second-order valence-electron chi connectivity index (χ2n) is 6.27. The third kappa shape index (κ3) is 21.4. The van der Waals surface area contributed by atoms with Gasteiger partial charge >= 0.3 is 13.7 Å². The van der Waals surface area contributed by atoms with Crippen molar-refractivity contribution in [2.75, 3.05) is 45.0 Å². The van der Waals surface area contributed by atoms with Crippen molar-refractivity contribution in [1.82, 2.24) is 10.6 Å². The van der Waals surface area contributed by atoms with Crippen LogP contribution in [-0.2, 0) is 18.6 Å². The molecule has 0 spiro atoms. The van der Waals surface area contributed by atoms with Crippen LogP contribution in [0.15, 0.2) is 0 Å². The van der Waals surface area contributed by atoms with Crippen molar-refractivity contribution in [3.8, 4) is 0 Å². The maximum Gasteiger partial charge on any atom is 0.407 e. The molecule has 10 heteroatoms. The zero-order chi connectivity index (χ0) is 20.4. The molecular weight excluding hydrogens is 391 g/mol. The minimum atomic E-state index is -3.36. The van der Waals surface area contributed by atoms with Gasteiger partial charge in [0.05, 0.1) is 13.2 Å². The lowest BCUT2D eigenvalue weighted by molar-refractivity contribution is -0.120. The Balaban J connectivity index is 3.31. The van der Waals surface area contributed by atoms with E-state index < -0.39 is 13.7 Å². The summed E-state index contributed by atoms with van der Waals surface area (Å²) in [6.45, 7) is 3.05. The Kier molecular flexibility index (Phi) is 16.9. The SMILES string of the molecule is CSCCC(=O)NCCCCCOC(=O)NCCCCCCOP(C)(=O)O. The number of ether oxygens (including phenoxy) is 1. The van der Waals surface area contributed by atoms with Gasteiger partial charge in [0.15, 0.2) is 0 Å². The zero-order valence-corrected chi connectivity index (χ0v) is 18.2. The van der Waals surface area contributed by atoms with Crippen molar-refractivity contribution in [2.24, 2.45) is 0 Å². The van der Waals surface area contributed by atoms with E-state index >= 15 is 0 Å². The molecule has 0 aliphatic heterocycles. The second-order valence-corrected chi connectivity index (χ2v) is 9.12. The number of nitrogens with one attached hydrogen (secondary N) is 2. The van der Waals surface area contributed by atoms with E-state index in [0.717, 1.165) is 50.7 Å². The fourth-order valence-corrected chi connectivity index (χ4v) is 2.99. The number of alkyl carbamates (subject to hydrolysis) is 1. The second kappa shape index (κ2) is 17.3. The van der Waals surface area contributed by atoms with E-state index in [1.807, 2.05) is 6.26 Å². The highest BCUT2D eigenvalue weighted by molar-refractivity contribution is 7.98. The predicted molar refractivity (Wildman–Crippen MR) is 109 cm³/mol. The molecule has 2 amide bonds. The first-order chi connectivity index (χ1) is 12.8. The van der Waals surface area contributed by atoms with Crippen LogP contribution in [0.25, 0.3) is 0 Å². The van der Waals surface area contributed by atoms with Crippen molar-refractivity contribution >= 4 is 31.4 Å². The third-order valence-electron chi connectivity index (χ3n) is 3.58. The lowest BCUT2D eigenvalue weighted by Gasteiger charge is -2.08. The predicted octanol–water partition coefficient (Wildman–Crippen LogP) is 3.14. The minimum Gasteiger partial charge on any atom is -0.450 e. The fraction of sp³-hybridized carbons (Fsp3) is 0.882. The topological polar surface area (TPSA) is 114 Å². The fourth-order valence-electron chi connectivity index (χ4n) is 2.14. The summed E-state index contributed by atoms with van der Waals surface area (Å²) < 4.78 is 20.8. The Morgan fingerprint density at radius 3 is 2.22 bits per heavy atom. The first-order valence-corrected chi connectivity index (χ1v) is 12.9. The maximum absolute atomic E-state index is 11.5. The molecule has 0 aromatic heterocycles. The number of carbonyl (C=O) groups is 2. The van der Waals surface area contributed by atoms with Gasteiger partial charge in [-0.05, 0) is 38.4 Å². The summed E-state index contributed by atoms with van der Waals surface area (Å²) in [5.74, 6) is 0.931. The van der Waals surface area contributed by atoms with Gasteiger partial charge < -0.3 is 24.8 Å². The minimum absolute atomic E-state index is 0.0891. The number of carbonyl (C=O) groups excluding carboxylic acids is 2. The maximum atomic E-state index is 11.5. The van der Waals surface area contributed by atoms with Crippen molar-refractivity contribution in [2.45, 2.75) is 51.4 Å². The summed E-state index contributed by atoms with van der Waals surface area (Å²) in [6, 6.07) is 0. The van der Waals surface area contributed by atoms with Gasteiger partial charge in [-0.25, -0.2) is 4.79 Å². The van der Waals surface area contributed by atoms with Crippen LogP contribution in [0.2, 0.25) is 0 Å². The monoisotopic (exact) mass is 426 g/mol. The van der Waals surface area contributed by atoms with Crippen LogP contribution in [0.1, 0.15) is 51.4 Å². The van der Waals surface area contributed by atoms with Gasteiger partial charge in [0.25, 0.3) is 0 Å². The summed E-state index contributed by atoms with van der Waals surface area (Å²) in [5, 5.41) is 5.57. The van der Waals surface area contributed by atoms with Gasteiger partial charge in [0.1, 0.15) is 0 Å². The lowest BCUT2D eigenvalue weighted by Crippen LogP contribution is -2.26. The van der Waals surface area contributed by atoms with Crippen molar-refractivity contribution in [3.05, 3.63) is 0 Å². The molecule has 0 saturated heterocycles. The average Bonchev–Trinajstić information content (AvgIpc) is 2.60. The van der Waals surface area contributed by atoms with E-state index in [9.17, 15) is 14.2 Å². The Bertz CT molecular complexity index is 447. The molecule has 0 rings (SSSR count). The standard InChI is InChI=1S/C17H35N2O6PS/c1-26(22,23)25-14-9-4-3-6-12-19-17(21)24-13-8-5-7-11-18-16(20)10-15-27-2/h3-15H2,1-2H3,(H,18,20)(H,19,21)(H,22,23). The van der Waals surface area contributed by atoms with Crippen LogP contribution in [0.5, 0.6) is 0 Å². The molecule has 0 aromatic rings. The third-order valence-corrected chi connectivity index (χ3v) is 4.85. The van der Waals surface area contributed by atoms with Gasteiger partial charge in [-0.15, -0.1) is 0 Å². The molecule has 160 valence electrons. The number of hydrogen-bond donors (Lipinski definition) is 3. The van der Waals surface area contributed by atoms with Crippen molar-refractivity contribution < 1.29 is 28.3 Å². The van der Waals surface area contributed by atoms with Crippen molar-refractivity contribution in [1.29, 1.82) is 0 Å². The summed E-state index contributed by atoms with van der Waals surface area (Å²) in [5.41, 5.74) is 0. The number of hydrogen-bond acceptors (Lipinski definition) is 6. The van der Waals surface area contributed by atoms with Crippen LogP contribution < -0.4 is 10.6 Å². The van der Waals surface area contributed by atoms with E-state index in [1.54, 1.807) is 11.8 Å². The molecule has 0 aliphatic carbocycles. The Morgan fingerprint density at radius 2 is 1.56 bits per heavy atom. The number of rotatable bonds is 17. The lowest BCUT2D eigenvalue weighted by atomic mass is 10.2. The van der Waals surface area contributed by atoms with Crippen LogP contribution in [0.3, 0.4) is 0 Å². The molecule has 0 aromatic carbocycles. The van der Waals surface area contributed by atoms with E-state index in [2.05, 4.69) is 10.6 Å². The van der Waals surface area contributed by atoms with Gasteiger partial charge in [-0.3, -0.25) is 9.36 Å². The molecule has 0 radical (unpaired) electrons. The van der Waals surface area contributed by atoms with Crippen LogP contribution in [0, 0.1) is 0 Å². The van der Waals surface area contributed by atoms with Gasteiger partial charge in [0, 0.05) is 31.9 Å². The smallest absolute Gasteiger partial charge is 0.407 e. The molecule has 27 heavy (non-hydrogen) atoms. The highest BCUT2D eigenvalue weighted by Gasteiger charge is 2.08. The summed E-state index contributed by atoms with van der Waals surface area (Å²) >= 11 is 1.66. The molecular formula is C17H35N2O6PS. The Hall–Kier alpha value is -0.760. The molecule has 1 unspecified atom stereocenters. The molecule has 1 atom stereocenters. The summed E-state index contributed by atoms with van der Waals surface area (Å²) in [7, 11) is -3.36. The van der Waals surface area contributed by atoms with Crippen LogP contribution >= 0.6 is 19.4 Å². The molecule has 0 saturated carbocycles. The molecule has 0 bridgehead atoms. The Labute approximate surface area is 167 Å². The summed E-state index contributed by atoms with van der Waals surface area (Å²) in [4.78, 5) is 31.8. The molecule has 0 fully saturated rings. The first-order valence-electron chi connectivity index (χ1n) is 9.46. The molecule has 0 aliphatic rings. The molecule has 8 nitrogen and oxygen atoms in total.